The number of ether oxygens (including phenoxy) is 1. The zero-order chi connectivity index (χ0) is 18.8. The number of morpholine rings is 1. The number of aromatic amines is 1. The Hall–Kier alpha value is -2.36. The number of hydrogen-bond acceptors (Lipinski definition) is 6. The summed E-state index contributed by atoms with van der Waals surface area (Å²) < 4.78 is 6.81. The summed E-state index contributed by atoms with van der Waals surface area (Å²) >= 11 is 7.25. The van der Waals surface area contributed by atoms with Gasteiger partial charge in [-0.1, -0.05) is 29.4 Å². The van der Waals surface area contributed by atoms with E-state index < -0.39 is 0 Å². The number of benzene rings is 1. The molecule has 1 amide bonds. The van der Waals surface area contributed by atoms with Crippen LogP contribution in [0.5, 0.6) is 0 Å². The van der Waals surface area contributed by atoms with Gasteiger partial charge in [-0.05, 0) is 18.2 Å². The van der Waals surface area contributed by atoms with Crippen LogP contribution >= 0.6 is 23.4 Å². The van der Waals surface area contributed by atoms with E-state index in [1.807, 2.05) is 6.07 Å². The van der Waals surface area contributed by atoms with Crippen molar-refractivity contribution in [3.8, 4) is 5.69 Å². The molecule has 0 aliphatic carbocycles. The van der Waals surface area contributed by atoms with Crippen LogP contribution in [0.1, 0.15) is 0 Å². The Balaban J connectivity index is 1.59. The molecule has 140 valence electrons. The highest BCUT2D eigenvalue weighted by Crippen LogP contribution is 2.20. The number of nitrogens with zero attached hydrogens (tertiary/aromatic N) is 4. The molecule has 2 aromatic heterocycles. The zero-order valence-electron chi connectivity index (χ0n) is 14.2. The van der Waals surface area contributed by atoms with Crippen molar-refractivity contribution < 1.29 is 9.53 Å². The van der Waals surface area contributed by atoms with E-state index in [1.54, 1.807) is 27.8 Å². The lowest BCUT2D eigenvalue weighted by Gasteiger charge is -2.26. The van der Waals surface area contributed by atoms with E-state index in [-0.39, 0.29) is 17.2 Å². The Morgan fingerprint density at radius 2 is 2.15 bits per heavy atom. The minimum absolute atomic E-state index is 0.00519. The standard InChI is InChI=1S/C17H16ClN5O3S/c18-11-2-1-3-12(8-11)23-15-13(9-19-23)16(25)21-17(20-15)27-10-14(24)22-4-6-26-7-5-22/h1-3,8-9H,4-7,10H2,(H,20,21,25). The summed E-state index contributed by atoms with van der Waals surface area (Å²) in [6, 6.07) is 7.13. The largest absolute Gasteiger partial charge is 0.378 e. The van der Waals surface area contributed by atoms with Crippen molar-refractivity contribution >= 4 is 40.3 Å². The highest BCUT2D eigenvalue weighted by molar-refractivity contribution is 7.99. The molecule has 0 unspecified atom stereocenters. The van der Waals surface area contributed by atoms with Crippen LogP contribution in [-0.4, -0.2) is 62.6 Å². The summed E-state index contributed by atoms with van der Waals surface area (Å²) in [4.78, 5) is 33.6. The summed E-state index contributed by atoms with van der Waals surface area (Å²) in [5.41, 5.74) is 0.827. The van der Waals surface area contributed by atoms with Gasteiger partial charge in [-0.25, -0.2) is 9.67 Å². The van der Waals surface area contributed by atoms with Crippen LogP contribution in [0.15, 0.2) is 40.4 Å². The van der Waals surface area contributed by atoms with E-state index in [1.165, 1.54) is 18.0 Å². The van der Waals surface area contributed by atoms with Gasteiger partial charge in [0.15, 0.2) is 10.8 Å². The minimum Gasteiger partial charge on any atom is -0.378 e. The number of thioether (sulfide) groups is 1. The van der Waals surface area contributed by atoms with Gasteiger partial charge in [0.2, 0.25) is 5.91 Å². The molecule has 10 heteroatoms. The maximum absolute atomic E-state index is 12.4. The second-order valence-electron chi connectivity index (χ2n) is 5.93. The van der Waals surface area contributed by atoms with Gasteiger partial charge >= 0.3 is 0 Å². The summed E-state index contributed by atoms with van der Waals surface area (Å²) in [6.45, 7) is 2.28. The lowest BCUT2D eigenvalue weighted by Crippen LogP contribution is -2.41. The predicted molar refractivity (Wildman–Crippen MR) is 103 cm³/mol. The van der Waals surface area contributed by atoms with Gasteiger partial charge in [-0.15, -0.1) is 0 Å². The van der Waals surface area contributed by atoms with Crippen molar-refractivity contribution in [3.05, 3.63) is 45.8 Å². The Bertz CT molecular complexity index is 1040. The van der Waals surface area contributed by atoms with Gasteiger partial charge in [0, 0.05) is 18.1 Å². The van der Waals surface area contributed by atoms with Gasteiger partial charge in [-0.3, -0.25) is 9.59 Å². The first-order valence-electron chi connectivity index (χ1n) is 8.34. The third-order valence-electron chi connectivity index (χ3n) is 4.17. The van der Waals surface area contributed by atoms with Gasteiger partial charge in [0.25, 0.3) is 5.56 Å². The second kappa shape index (κ2) is 7.71. The van der Waals surface area contributed by atoms with E-state index >= 15 is 0 Å². The molecule has 1 fully saturated rings. The van der Waals surface area contributed by atoms with Crippen LogP contribution in [0.2, 0.25) is 5.02 Å². The number of amides is 1. The molecule has 1 saturated heterocycles. The molecule has 1 N–H and O–H groups in total. The van der Waals surface area contributed by atoms with Gasteiger partial charge < -0.3 is 14.6 Å². The number of aromatic nitrogens is 4. The van der Waals surface area contributed by atoms with Crippen LogP contribution < -0.4 is 5.56 Å². The SMILES string of the molecule is O=C(CSc1nc2c(cnn2-c2cccc(Cl)c2)c(=O)[nH]1)N1CCOCC1. The highest BCUT2D eigenvalue weighted by Gasteiger charge is 2.18. The number of fused-ring (bicyclic) bond motifs is 1. The number of carbonyl (C=O) groups is 1. The summed E-state index contributed by atoms with van der Waals surface area (Å²) in [6.07, 6.45) is 1.47. The first kappa shape index (κ1) is 18.0. The predicted octanol–water partition coefficient (Wildman–Crippen LogP) is 1.71. The molecule has 4 rings (SSSR count). The van der Waals surface area contributed by atoms with Crippen LogP contribution in [0, 0.1) is 0 Å². The maximum atomic E-state index is 12.4. The average molecular weight is 406 g/mol. The number of halogens is 1. The fourth-order valence-corrected chi connectivity index (χ4v) is 3.74. The fourth-order valence-electron chi connectivity index (χ4n) is 2.80. The molecule has 0 atom stereocenters. The molecule has 27 heavy (non-hydrogen) atoms. The van der Waals surface area contributed by atoms with Crippen LogP contribution in [0.25, 0.3) is 16.7 Å². The van der Waals surface area contributed by atoms with E-state index in [9.17, 15) is 9.59 Å². The van der Waals surface area contributed by atoms with E-state index in [0.29, 0.717) is 53.2 Å². The first-order chi connectivity index (χ1) is 13.1. The minimum atomic E-state index is -0.297. The van der Waals surface area contributed by atoms with Gasteiger partial charge in [0.05, 0.1) is 30.9 Å². The Kier molecular flexibility index (Phi) is 5.15. The summed E-state index contributed by atoms with van der Waals surface area (Å²) in [7, 11) is 0. The normalized spacial score (nSPS) is 14.6. The van der Waals surface area contributed by atoms with Crippen LogP contribution in [0.4, 0.5) is 0 Å². The summed E-state index contributed by atoms with van der Waals surface area (Å²) in [5.74, 6) is 0.189. The number of rotatable bonds is 4. The molecule has 0 radical (unpaired) electrons. The molecule has 8 nitrogen and oxygen atoms in total. The number of H-pyrrole nitrogens is 1. The number of nitrogens with one attached hydrogen (secondary N) is 1. The molecular weight excluding hydrogens is 390 g/mol. The lowest BCUT2D eigenvalue weighted by atomic mass is 10.3. The van der Waals surface area contributed by atoms with E-state index in [0.717, 1.165) is 0 Å². The average Bonchev–Trinajstić information content (AvgIpc) is 3.11. The third kappa shape index (κ3) is 3.85. The monoisotopic (exact) mass is 405 g/mol. The molecule has 3 heterocycles. The lowest BCUT2D eigenvalue weighted by molar-refractivity contribution is -0.132. The van der Waals surface area contributed by atoms with Crippen molar-refractivity contribution in [2.45, 2.75) is 5.16 Å². The molecule has 0 spiro atoms. The molecule has 0 bridgehead atoms. The van der Waals surface area contributed by atoms with Crippen LogP contribution in [0.3, 0.4) is 0 Å². The molecule has 1 aromatic carbocycles. The van der Waals surface area contributed by atoms with Gasteiger partial charge in [0.1, 0.15) is 5.39 Å². The third-order valence-corrected chi connectivity index (χ3v) is 5.26. The van der Waals surface area contributed by atoms with Crippen molar-refractivity contribution in [3.63, 3.8) is 0 Å². The topological polar surface area (TPSA) is 93.1 Å². The fraction of sp³-hybridized carbons (Fsp3) is 0.294. The summed E-state index contributed by atoms with van der Waals surface area (Å²) in [5, 5.41) is 5.56. The second-order valence-corrected chi connectivity index (χ2v) is 7.33. The Morgan fingerprint density at radius 3 is 2.93 bits per heavy atom. The highest BCUT2D eigenvalue weighted by atomic mass is 35.5. The number of carbonyl (C=O) groups excluding carboxylic acids is 1. The van der Waals surface area contributed by atoms with Crippen LogP contribution in [-0.2, 0) is 9.53 Å². The molecule has 3 aromatic rings. The molecule has 1 aliphatic rings. The smallest absolute Gasteiger partial charge is 0.262 e. The quantitative estimate of drug-likeness (QED) is 0.524. The van der Waals surface area contributed by atoms with E-state index in [2.05, 4.69) is 15.1 Å². The number of hydrogen-bond donors (Lipinski definition) is 1. The zero-order valence-corrected chi connectivity index (χ0v) is 15.8. The molecule has 0 saturated carbocycles. The van der Waals surface area contributed by atoms with Crippen molar-refractivity contribution in [2.24, 2.45) is 0 Å². The first-order valence-corrected chi connectivity index (χ1v) is 9.70. The van der Waals surface area contributed by atoms with Crippen molar-refractivity contribution in [2.75, 3.05) is 32.1 Å². The van der Waals surface area contributed by atoms with Gasteiger partial charge in [-0.2, -0.15) is 5.10 Å². The Morgan fingerprint density at radius 1 is 1.33 bits per heavy atom. The van der Waals surface area contributed by atoms with Crippen molar-refractivity contribution in [1.82, 2.24) is 24.6 Å². The van der Waals surface area contributed by atoms with E-state index in [4.69, 9.17) is 16.3 Å². The Labute approximate surface area is 163 Å². The van der Waals surface area contributed by atoms with Crippen molar-refractivity contribution in [1.29, 1.82) is 0 Å². The molecule has 1 aliphatic heterocycles. The maximum Gasteiger partial charge on any atom is 0.262 e. The molecular formula is C17H16ClN5O3S.